The Bertz CT molecular complexity index is 557. The van der Waals surface area contributed by atoms with Crippen LogP contribution in [-0.2, 0) is 0 Å². The molecule has 0 saturated carbocycles. The molecular weight excluding hydrogens is 279 g/mol. The van der Waals surface area contributed by atoms with E-state index in [0.717, 1.165) is 17.9 Å². The van der Waals surface area contributed by atoms with E-state index in [1.54, 1.807) is 18.2 Å². The molecule has 19 heavy (non-hydrogen) atoms. The molecule has 0 aliphatic heterocycles. The van der Waals surface area contributed by atoms with Gasteiger partial charge in [-0.2, -0.15) is 0 Å². The molecule has 0 aromatic heterocycles. The van der Waals surface area contributed by atoms with E-state index in [2.05, 4.69) is 0 Å². The topological polar surface area (TPSA) is 9.23 Å². The summed E-state index contributed by atoms with van der Waals surface area (Å²) in [5, 5.41) is 1.34. The van der Waals surface area contributed by atoms with Gasteiger partial charge < -0.3 is 17.7 Å². The quantitative estimate of drug-likeness (QED) is 0.753. The maximum absolute atomic E-state index is 12.6. The summed E-state index contributed by atoms with van der Waals surface area (Å²) in [4.78, 5) is 0. The molecule has 0 N–H and O–H groups in total. The van der Waals surface area contributed by atoms with Crippen molar-refractivity contribution in [1.82, 2.24) is 0 Å². The maximum Gasteiger partial charge on any atom is 1.00 e. The average Bonchev–Trinajstić information content (AvgIpc) is 2.34. The minimum atomic E-state index is -4.94. The van der Waals surface area contributed by atoms with Crippen molar-refractivity contribution in [1.29, 1.82) is 0 Å². The van der Waals surface area contributed by atoms with Crippen molar-refractivity contribution in [3.63, 3.8) is 0 Å². The first-order valence-corrected chi connectivity index (χ1v) is 5.87. The first-order valence-electron chi connectivity index (χ1n) is 5.87. The van der Waals surface area contributed by atoms with Crippen molar-refractivity contribution >= 4 is 23.2 Å². The molecule has 96 valence electrons. The van der Waals surface area contributed by atoms with Crippen LogP contribution in [0.1, 0.15) is 13.3 Å². The summed E-state index contributed by atoms with van der Waals surface area (Å²) in [7, 11) is 0. The molecule has 6 heteroatoms. The molecule has 2 rings (SSSR count). The second-order valence-electron chi connectivity index (χ2n) is 4.19. The van der Waals surface area contributed by atoms with E-state index in [1.807, 2.05) is 6.92 Å². The number of benzene rings is 2. The van der Waals surface area contributed by atoms with Crippen molar-refractivity contribution in [2.24, 2.45) is 0 Å². The fourth-order valence-electron chi connectivity index (χ4n) is 1.76. The maximum atomic E-state index is 12.6. The predicted molar refractivity (Wildman–Crippen MR) is 68.4 cm³/mol. The van der Waals surface area contributed by atoms with E-state index < -0.39 is 12.4 Å². The minimum Gasteiger partial charge on any atom is -0.494 e. The normalized spacial score (nSPS) is 11.2. The van der Waals surface area contributed by atoms with E-state index >= 15 is 0 Å². The molecule has 0 atom stereocenters. The number of fused-ring (bicyclic) bond motifs is 1. The summed E-state index contributed by atoms with van der Waals surface area (Å²) < 4.78 is 43.2. The molecule has 1 nitrogen and oxygen atoms in total. The van der Waals surface area contributed by atoms with Gasteiger partial charge in [0.05, 0.1) is 6.61 Å². The predicted octanol–water partition coefficient (Wildman–Crippen LogP) is 0.687. The van der Waals surface area contributed by atoms with Crippen molar-refractivity contribution in [2.75, 3.05) is 6.61 Å². The van der Waals surface area contributed by atoms with E-state index in [1.165, 1.54) is 12.1 Å². The second-order valence-corrected chi connectivity index (χ2v) is 4.19. The molecule has 0 aliphatic carbocycles. The van der Waals surface area contributed by atoms with Gasteiger partial charge in [0, 0.05) is 0 Å². The first-order chi connectivity index (χ1) is 8.50. The number of halogens is 3. The Balaban J connectivity index is 0.00000180. The summed E-state index contributed by atoms with van der Waals surface area (Å²) in [6.07, 6.45) is 0.896. The van der Waals surface area contributed by atoms with Crippen LogP contribution in [0.3, 0.4) is 0 Å². The number of ether oxygens (including phenoxy) is 1. The molecule has 0 aliphatic rings. The fraction of sp³-hybridized carbons (Fsp3) is 0.231. The number of rotatable bonds is 4. The van der Waals surface area contributed by atoms with Crippen molar-refractivity contribution in [3.05, 3.63) is 36.4 Å². The van der Waals surface area contributed by atoms with Crippen LogP contribution in [0.5, 0.6) is 5.75 Å². The van der Waals surface area contributed by atoms with Crippen LogP contribution < -0.4 is 61.6 Å². The monoisotopic (exact) mass is 292 g/mol. The molecule has 0 amide bonds. The van der Waals surface area contributed by atoms with E-state index in [-0.39, 0.29) is 51.4 Å². The standard InChI is InChI=1S/C13H13BF3O.K/c1-2-7-18-13-6-4-10-8-12(14(15,16)17)5-3-11(10)9-13;/h3-6,8-9H,2,7H2,1H3;/q-1;+1. The third-order valence-electron chi connectivity index (χ3n) is 2.69. The largest absolute Gasteiger partial charge is 1.00 e. The van der Waals surface area contributed by atoms with Crippen LogP contribution >= 0.6 is 0 Å². The van der Waals surface area contributed by atoms with Crippen molar-refractivity contribution in [3.8, 4) is 5.75 Å². The van der Waals surface area contributed by atoms with E-state index in [0.29, 0.717) is 17.7 Å². The van der Waals surface area contributed by atoms with Crippen LogP contribution in [0.2, 0.25) is 0 Å². The third-order valence-corrected chi connectivity index (χ3v) is 2.69. The number of hydrogen-bond acceptors (Lipinski definition) is 1. The van der Waals surface area contributed by atoms with Gasteiger partial charge in [0.2, 0.25) is 0 Å². The van der Waals surface area contributed by atoms with Gasteiger partial charge in [-0.1, -0.05) is 31.2 Å². The zero-order chi connectivity index (χ0) is 13.2. The van der Waals surface area contributed by atoms with Crippen molar-refractivity contribution < 1.29 is 69.1 Å². The minimum absolute atomic E-state index is 0. The van der Waals surface area contributed by atoms with Crippen LogP contribution in [0.4, 0.5) is 12.9 Å². The molecule has 0 fully saturated rings. The van der Waals surface area contributed by atoms with Crippen LogP contribution in [0, 0.1) is 0 Å². The summed E-state index contributed by atoms with van der Waals surface area (Å²) in [6, 6.07) is 8.90. The van der Waals surface area contributed by atoms with Gasteiger partial charge >= 0.3 is 58.4 Å². The van der Waals surface area contributed by atoms with Gasteiger partial charge in [0.25, 0.3) is 0 Å². The zero-order valence-corrected chi connectivity index (χ0v) is 14.1. The Morgan fingerprint density at radius 1 is 1.00 bits per heavy atom. The molecule has 0 spiro atoms. The van der Waals surface area contributed by atoms with Crippen molar-refractivity contribution in [2.45, 2.75) is 13.3 Å². The Labute approximate surface area is 153 Å². The molecular formula is C13H13BF3KO. The average molecular weight is 292 g/mol. The summed E-state index contributed by atoms with van der Waals surface area (Å²) in [5.74, 6) is 0.689. The van der Waals surface area contributed by atoms with Gasteiger partial charge in [-0.05, 0) is 29.3 Å². The fourth-order valence-corrected chi connectivity index (χ4v) is 1.76. The molecule has 0 radical (unpaired) electrons. The SMILES string of the molecule is CCCOc1ccc2cc([B-](F)(F)F)ccc2c1.[K+]. The van der Waals surface area contributed by atoms with Gasteiger partial charge in [0.15, 0.2) is 0 Å². The molecule has 0 heterocycles. The molecule has 2 aromatic rings. The Morgan fingerprint density at radius 2 is 1.63 bits per heavy atom. The second kappa shape index (κ2) is 7.13. The molecule has 0 saturated heterocycles. The smallest absolute Gasteiger partial charge is 0.494 e. The Morgan fingerprint density at radius 3 is 2.26 bits per heavy atom. The van der Waals surface area contributed by atoms with E-state index in [9.17, 15) is 12.9 Å². The third kappa shape index (κ3) is 4.50. The van der Waals surface area contributed by atoms with Crippen LogP contribution in [0.25, 0.3) is 10.8 Å². The first kappa shape index (κ1) is 17.0. The molecule has 0 unspecified atom stereocenters. The van der Waals surface area contributed by atoms with Gasteiger partial charge in [0.1, 0.15) is 5.75 Å². The van der Waals surface area contributed by atoms with Gasteiger partial charge in [-0.3, -0.25) is 0 Å². The van der Waals surface area contributed by atoms with Crippen LogP contribution in [0.15, 0.2) is 36.4 Å². The van der Waals surface area contributed by atoms with Gasteiger partial charge in [-0.15, -0.1) is 5.46 Å². The van der Waals surface area contributed by atoms with Crippen LogP contribution in [-0.4, -0.2) is 13.6 Å². The Kier molecular flexibility index (Phi) is 6.40. The molecule has 2 aromatic carbocycles. The van der Waals surface area contributed by atoms with E-state index in [4.69, 9.17) is 4.74 Å². The summed E-state index contributed by atoms with van der Waals surface area (Å²) in [5.41, 5.74) is -0.565. The number of hydrogen-bond donors (Lipinski definition) is 0. The zero-order valence-electron chi connectivity index (χ0n) is 11.0. The Hall–Kier alpha value is -0.00870. The van der Waals surface area contributed by atoms with Gasteiger partial charge in [-0.25, -0.2) is 0 Å². The summed E-state index contributed by atoms with van der Waals surface area (Å²) >= 11 is 0. The molecule has 0 bridgehead atoms. The summed E-state index contributed by atoms with van der Waals surface area (Å²) in [6.45, 7) is -2.33.